The number of carbonyl (C=O) groups is 2. The summed E-state index contributed by atoms with van der Waals surface area (Å²) in [6.07, 6.45) is 2.38. The van der Waals surface area contributed by atoms with Crippen molar-refractivity contribution >= 4 is 22.7 Å². The van der Waals surface area contributed by atoms with Gasteiger partial charge in [-0.3, -0.25) is 14.4 Å². The minimum absolute atomic E-state index is 0.000740. The Balaban J connectivity index is 1.62. The summed E-state index contributed by atoms with van der Waals surface area (Å²) in [6.45, 7) is 3.62. The van der Waals surface area contributed by atoms with E-state index in [1.165, 1.54) is 6.20 Å². The molecule has 4 N–H and O–H groups in total. The number of aromatic amines is 1. The highest BCUT2D eigenvalue weighted by Crippen LogP contribution is 2.11. The standard InChI is InChI=1S/C18H22N4O3/c1-11-6-7-19-9-15(11)22-16(23)10-21-18(25)13-8-20-14-5-3-2-4-12(14)17(13)24/h2-5,8,11,15,19H,6-7,9-10H2,1H3,(H,20,24)(H,21,25)(H,22,23). The summed E-state index contributed by atoms with van der Waals surface area (Å²) in [6, 6.07) is 7.04. The lowest BCUT2D eigenvalue weighted by molar-refractivity contribution is -0.121. The zero-order valence-corrected chi connectivity index (χ0v) is 14.1. The molecule has 2 atom stereocenters. The van der Waals surface area contributed by atoms with E-state index in [1.807, 2.05) is 6.07 Å². The normalized spacial score (nSPS) is 20.2. The van der Waals surface area contributed by atoms with Crippen LogP contribution in [0.5, 0.6) is 0 Å². The van der Waals surface area contributed by atoms with E-state index >= 15 is 0 Å². The average Bonchev–Trinajstić information content (AvgIpc) is 2.62. The number of rotatable bonds is 4. The van der Waals surface area contributed by atoms with Crippen LogP contribution in [0.1, 0.15) is 23.7 Å². The molecule has 1 aromatic carbocycles. The highest BCUT2D eigenvalue weighted by atomic mass is 16.2. The van der Waals surface area contributed by atoms with Gasteiger partial charge in [0.1, 0.15) is 5.56 Å². The summed E-state index contributed by atoms with van der Waals surface area (Å²) in [7, 11) is 0. The highest BCUT2D eigenvalue weighted by molar-refractivity contribution is 5.98. The van der Waals surface area contributed by atoms with Gasteiger partial charge in [0.25, 0.3) is 5.91 Å². The molecule has 1 saturated heterocycles. The van der Waals surface area contributed by atoms with Gasteiger partial charge in [-0.15, -0.1) is 0 Å². The molecule has 132 valence electrons. The van der Waals surface area contributed by atoms with Crippen LogP contribution >= 0.6 is 0 Å². The molecule has 1 fully saturated rings. The smallest absolute Gasteiger partial charge is 0.257 e. The number of piperidine rings is 1. The fourth-order valence-electron chi connectivity index (χ4n) is 3.03. The van der Waals surface area contributed by atoms with E-state index in [0.717, 1.165) is 19.5 Å². The van der Waals surface area contributed by atoms with Crippen LogP contribution in [0.2, 0.25) is 0 Å². The van der Waals surface area contributed by atoms with Gasteiger partial charge >= 0.3 is 0 Å². The number of aromatic nitrogens is 1. The summed E-state index contributed by atoms with van der Waals surface area (Å²) in [5.74, 6) is -0.424. The van der Waals surface area contributed by atoms with E-state index < -0.39 is 5.91 Å². The summed E-state index contributed by atoms with van der Waals surface area (Å²) < 4.78 is 0. The molecule has 1 aliphatic heterocycles. The van der Waals surface area contributed by atoms with Crippen molar-refractivity contribution in [2.24, 2.45) is 5.92 Å². The molecule has 7 nitrogen and oxygen atoms in total. The van der Waals surface area contributed by atoms with E-state index in [1.54, 1.807) is 18.2 Å². The second-order valence-electron chi connectivity index (χ2n) is 6.40. The number of benzene rings is 1. The topological polar surface area (TPSA) is 103 Å². The molecular formula is C18H22N4O3. The Bertz CT molecular complexity index is 846. The number of carbonyl (C=O) groups excluding carboxylic acids is 2. The third kappa shape index (κ3) is 3.88. The molecule has 0 radical (unpaired) electrons. The van der Waals surface area contributed by atoms with Crippen molar-refractivity contribution in [3.8, 4) is 0 Å². The number of amides is 2. The minimum atomic E-state index is -0.558. The Morgan fingerprint density at radius 1 is 1.28 bits per heavy atom. The van der Waals surface area contributed by atoms with Crippen LogP contribution < -0.4 is 21.4 Å². The predicted octanol–water partition coefficient (Wildman–Crippen LogP) is 0.372. The Morgan fingerprint density at radius 3 is 2.88 bits per heavy atom. The number of hydrogen-bond donors (Lipinski definition) is 4. The van der Waals surface area contributed by atoms with Crippen LogP contribution in [-0.2, 0) is 4.79 Å². The van der Waals surface area contributed by atoms with Gasteiger partial charge in [0.15, 0.2) is 0 Å². The molecule has 3 rings (SSSR count). The number of para-hydroxylation sites is 1. The van der Waals surface area contributed by atoms with Crippen molar-refractivity contribution < 1.29 is 9.59 Å². The van der Waals surface area contributed by atoms with Crippen LogP contribution in [-0.4, -0.2) is 42.5 Å². The zero-order chi connectivity index (χ0) is 17.8. The molecule has 2 aromatic rings. The van der Waals surface area contributed by atoms with E-state index in [2.05, 4.69) is 27.9 Å². The SMILES string of the molecule is CC1CCNCC1NC(=O)CNC(=O)c1c[nH]c2ccccc2c1=O. The monoisotopic (exact) mass is 342 g/mol. The van der Waals surface area contributed by atoms with Gasteiger partial charge < -0.3 is 20.9 Å². The quantitative estimate of drug-likeness (QED) is 0.645. The van der Waals surface area contributed by atoms with Crippen molar-refractivity contribution in [2.45, 2.75) is 19.4 Å². The van der Waals surface area contributed by atoms with E-state index in [9.17, 15) is 14.4 Å². The van der Waals surface area contributed by atoms with Crippen molar-refractivity contribution in [3.05, 3.63) is 46.2 Å². The number of nitrogens with one attached hydrogen (secondary N) is 4. The van der Waals surface area contributed by atoms with Crippen molar-refractivity contribution in [3.63, 3.8) is 0 Å². The Morgan fingerprint density at radius 2 is 2.08 bits per heavy atom. The maximum atomic E-state index is 12.4. The van der Waals surface area contributed by atoms with Crippen molar-refractivity contribution in [1.29, 1.82) is 0 Å². The third-order valence-corrected chi connectivity index (χ3v) is 4.62. The average molecular weight is 342 g/mol. The molecule has 7 heteroatoms. The van der Waals surface area contributed by atoms with Crippen LogP contribution in [0.15, 0.2) is 35.3 Å². The first-order valence-electron chi connectivity index (χ1n) is 8.45. The third-order valence-electron chi connectivity index (χ3n) is 4.62. The Kier molecular flexibility index (Phi) is 5.14. The largest absolute Gasteiger partial charge is 0.360 e. The number of fused-ring (bicyclic) bond motifs is 1. The van der Waals surface area contributed by atoms with Gasteiger partial charge in [0.2, 0.25) is 11.3 Å². The maximum Gasteiger partial charge on any atom is 0.257 e. The Labute approximate surface area is 145 Å². The van der Waals surface area contributed by atoms with Crippen molar-refractivity contribution in [1.82, 2.24) is 20.9 Å². The zero-order valence-electron chi connectivity index (χ0n) is 14.1. The van der Waals surface area contributed by atoms with Gasteiger partial charge in [0, 0.05) is 29.7 Å². The molecule has 0 saturated carbocycles. The minimum Gasteiger partial charge on any atom is -0.360 e. The van der Waals surface area contributed by atoms with Gasteiger partial charge in [-0.1, -0.05) is 19.1 Å². The van der Waals surface area contributed by atoms with Crippen LogP contribution in [0.4, 0.5) is 0 Å². The molecule has 0 spiro atoms. The summed E-state index contributed by atoms with van der Waals surface area (Å²) >= 11 is 0. The fourth-order valence-corrected chi connectivity index (χ4v) is 3.03. The molecule has 1 aromatic heterocycles. The van der Waals surface area contributed by atoms with Gasteiger partial charge in [-0.25, -0.2) is 0 Å². The van der Waals surface area contributed by atoms with Crippen LogP contribution in [0.3, 0.4) is 0 Å². The molecular weight excluding hydrogens is 320 g/mol. The lowest BCUT2D eigenvalue weighted by Gasteiger charge is -2.30. The molecule has 1 aliphatic rings. The molecule has 2 amide bonds. The molecule has 0 aliphatic carbocycles. The molecule has 2 unspecified atom stereocenters. The number of hydrogen-bond acceptors (Lipinski definition) is 4. The van der Waals surface area contributed by atoms with E-state index in [0.29, 0.717) is 16.8 Å². The highest BCUT2D eigenvalue weighted by Gasteiger charge is 2.22. The van der Waals surface area contributed by atoms with Crippen molar-refractivity contribution in [2.75, 3.05) is 19.6 Å². The van der Waals surface area contributed by atoms with Gasteiger partial charge in [-0.05, 0) is 31.0 Å². The summed E-state index contributed by atoms with van der Waals surface area (Å²) in [5.41, 5.74) is 0.317. The second-order valence-corrected chi connectivity index (χ2v) is 6.40. The first-order valence-corrected chi connectivity index (χ1v) is 8.45. The first-order chi connectivity index (χ1) is 12.1. The summed E-state index contributed by atoms with van der Waals surface area (Å²) in [4.78, 5) is 39.6. The lowest BCUT2D eigenvalue weighted by atomic mass is 9.95. The maximum absolute atomic E-state index is 12.4. The van der Waals surface area contributed by atoms with Crippen LogP contribution in [0.25, 0.3) is 10.9 Å². The van der Waals surface area contributed by atoms with E-state index in [4.69, 9.17) is 0 Å². The summed E-state index contributed by atoms with van der Waals surface area (Å²) in [5, 5.41) is 9.12. The number of pyridine rings is 1. The van der Waals surface area contributed by atoms with Gasteiger partial charge in [-0.2, -0.15) is 0 Å². The fraction of sp³-hybridized carbons (Fsp3) is 0.389. The molecule has 2 heterocycles. The predicted molar refractivity (Wildman–Crippen MR) is 95.5 cm³/mol. The molecule has 0 bridgehead atoms. The molecule has 25 heavy (non-hydrogen) atoms. The second kappa shape index (κ2) is 7.48. The lowest BCUT2D eigenvalue weighted by Crippen LogP contribution is -2.52. The Hall–Kier alpha value is -2.67. The van der Waals surface area contributed by atoms with Crippen LogP contribution in [0, 0.1) is 5.92 Å². The first kappa shape index (κ1) is 17.2. The van der Waals surface area contributed by atoms with E-state index in [-0.39, 0.29) is 29.5 Å². The van der Waals surface area contributed by atoms with Gasteiger partial charge in [0.05, 0.1) is 6.54 Å². The number of H-pyrrole nitrogens is 1.